The summed E-state index contributed by atoms with van der Waals surface area (Å²) >= 11 is 0. The molecule has 116 valence electrons. The molecule has 0 aliphatic rings. The van der Waals surface area contributed by atoms with E-state index in [4.69, 9.17) is 11.2 Å². The maximum atomic E-state index is 11.5. The molecule has 0 heterocycles. The van der Waals surface area contributed by atoms with Crippen LogP contribution in [0.2, 0.25) is 0 Å². The van der Waals surface area contributed by atoms with E-state index in [1.54, 1.807) is 12.1 Å². The lowest BCUT2D eigenvalue weighted by Crippen LogP contribution is -2.29. The van der Waals surface area contributed by atoms with Gasteiger partial charge >= 0.3 is 0 Å². The Hall–Kier alpha value is -3.19. The SMILES string of the molecule is C#CCNC(=O)COc1cc(/C=C/c2ccccc2)ccc1O. The summed E-state index contributed by atoms with van der Waals surface area (Å²) in [6.07, 6.45) is 8.91. The lowest BCUT2D eigenvalue weighted by atomic mass is 10.1. The number of rotatable bonds is 6. The lowest BCUT2D eigenvalue weighted by molar-refractivity contribution is -0.122. The highest BCUT2D eigenvalue weighted by molar-refractivity contribution is 5.78. The number of ether oxygens (including phenoxy) is 1. The van der Waals surface area contributed by atoms with Crippen LogP contribution in [0.4, 0.5) is 0 Å². The Balaban J connectivity index is 2.03. The molecular weight excluding hydrogens is 290 g/mol. The maximum absolute atomic E-state index is 11.5. The molecule has 2 rings (SSSR count). The molecule has 0 fully saturated rings. The Labute approximate surface area is 135 Å². The first-order valence-electron chi connectivity index (χ1n) is 7.08. The van der Waals surface area contributed by atoms with Gasteiger partial charge < -0.3 is 15.2 Å². The Morgan fingerprint density at radius 2 is 1.91 bits per heavy atom. The molecule has 0 saturated heterocycles. The van der Waals surface area contributed by atoms with Gasteiger partial charge in [-0.1, -0.05) is 54.5 Å². The number of phenolic OH excluding ortho intramolecular Hbond substituents is 1. The van der Waals surface area contributed by atoms with Gasteiger partial charge in [0, 0.05) is 0 Å². The minimum Gasteiger partial charge on any atom is -0.504 e. The number of aromatic hydroxyl groups is 1. The van der Waals surface area contributed by atoms with Crippen LogP contribution in [0.5, 0.6) is 11.5 Å². The third-order valence-electron chi connectivity index (χ3n) is 3.00. The number of phenols is 1. The highest BCUT2D eigenvalue weighted by Crippen LogP contribution is 2.27. The van der Waals surface area contributed by atoms with Crippen LogP contribution in [0, 0.1) is 12.3 Å². The second-order valence-corrected chi connectivity index (χ2v) is 4.74. The topological polar surface area (TPSA) is 58.6 Å². The Morgan fingerprint density at radius 3 is 2.65 bits per heavy atom. The number of carbonyl (C=O) groups excluding carboxylic acids is 1. The number of hydrogen-bond donors (Lipinski definition) is 2. The molecule has 4 heteroatoms. The van der Waals surface area contributed by atoms with E-state index in [-0.39, 0.29) is 30.6 Å². The van der Waals surface area contributed by atoms with Crippen LogP contribution in [-0.2, 0) is 4.79 Å². The van der Waals surface area contributed by atoms with Gasteiger partial charge in [-0.2, -0.15) is 0 Å². The summed E-state index contributed by atoms with van der Waals surface area (Å²) in [6.45, 7) is -0.0604. The predicted molar refractivity (Wildman–Crippen MR) is 90.8 cm³/mol. The number of nitrogens with one attached hydrogen (secondary N) is 1. The summed E-state index contributed by atoms with van der Waals surface area (Å²) in [5.74, 6) is 2.19. The zero-order chi connectivity index (χ0) is 16.5. The minimum absolute atomic E-state index is 0.0217. The average molecular weight is 307 g/mol. The monoisotopic (exact) mass is 307 g/mol. The average Bonchev–Trinajstić information content (AvgIpc) is 2.59. The van der Waals surface area contributed by atoms with Gasteiger partial charge in [0.2, 0.25) is 0 Å². The summed E-state index contributed by atoms with van der Waals surface area (Å²) in [5, 5.41) is 12.3. The number of terminal acetylenes is 1. The smallest absolute Gasteiger partial charge is 0.258 e. The molecule has 2 N–H and O–H groups in total. The molecule has 0 atom stereocenters. The molecule has 0 aromatic heterocycles. The van der Waals surface area contributed by atoms with Crippen LogP contribution in [0.1, 0.15) is 11.1 Å². The summed E-state index contributed by atoms with van der Waals surface area (Å²) in [7, 11) is 0. The quantitative estimate of drug-likeness (QED) is 0.637. The number of carbonyl (C=O) groups is 1. The third-order valence-corrected chi connectivity index (χ3v) is 3.00. The van der Waals surface area contributed by atoms with E-state index in [0.717, 1.165) is 11.1 Å². The van der Waals surface area contributed by atoms with Crippen molar-refractivity contribution in [1.29, 1.82) is 0 Å². The lowest BCUT2D eigenvalue weighted by Gasteiger charge is -2.08. The van der Waals surface area contributed by atoms with Crippen LogP contribution in [0.15, 0.2) is 48.5 Å². The highest BCUT2D eigenvalue weighted by atomic mass is 16.5. The molecule has 0 aliphatic carbocycles. The molecule has 4 nitrogen and oxygen atoms in total. The van der Waals surface area contributed by atoms with Gasteiger partial charge in [-0.05, 0) is 23.3 Å². The zero-order valence-corrected chi connectivity index (χ0v) is 12.5. The van der Waals surface area contributed by atoms with Crippen molar-refractivity contribution >= 4 is 18.1 Å². The molecule has 2 aromatic rings. The summed E-state index contributed by atoms with van der Waals surface area (Å²) in [6, 6.07) is 14.8. The molecule has 0 radical (unpaired) electrons. The van der Waals surface area contributed by atoms with Crippen LogP contribution in [-0.4, -0.2) is 24.2 Å². The van der Waals surface area contributed by atoms with E-state index >= 15 is 0 Å². The van der Waals surface area contributed by atoms with Crippen molar-refractivity contribution in [2.45, 2.75) is 0 Å². The molecule has 23 heavy (non-hydrogen) atoms. The van der Waals surface area contributed by atoms with E-state index < -0.39 is 0 Å². The molecule has 1 amide bonds. The minimum atomic E-state index is -0.340. The fourth-order valence-corrected chi connectivity index (χ4v) is 1.85. The Kier molecular flexibility index (Phi) is 5.84. The maximum Gasteiger partial charge on any atom is 0.258 e. The van der Waals surface area contributed by atoms with Gasteiger partial charge in [0.15, 0.2) is 18.1 Å². The van der Waals surface area contributed by atoms with Gasteiger partial charge in [-0.15, -0.1) is 6.42 Å². The van der Waals surface area contributed by atoms with Crippen molar-refractivity contribution < 1.29 is 14.6 Å². The number of benzene rings is 2. The first kappa shape index (κ1) is 16.2. The van der Waals surface area contributed by atoms with Crippen LogP contribution < -0.4 is 10.1 Å². The van der Waals surface area contributed by atoms with E-state index in [0.29, 0.717) is 0 Å². The number of hydrogen-bond acceptors (Lipinski definition) is 3. The standard InChI is InChI=1S/C19H17NO3/c1-2-12-20-19(22)14-23-18-13-16(10-11-17(18)21)9-8-15-6-4-3-5-7-15/h1,3-11,13,21H,12,14H2,(H,20,22)/b9-8+. The van der Waals surface area contributed by atoms with E-state index in [9.17, 15) is 9.90 Å². The first-order valence-corrected chi connectivity index (χ1v) is 7.08. The van der Waals surface area contributed by atoms with Gasteiger partial charge in [-0.3, -0.25) is 4.79 Å². The van der Waals surface area contributed by atoms with Crippen LogP contribution in [0.25, 0.3) is 12.2 Å². The van der Waals surface area contributed by atoms with Crippen molar-refractivity contribution in [1.82, 2.24) is 5.32 Å². The van der Waals surface area contributed by atoms with Crippen LogP contribution in [0.3, 0.4) is 0 Å². The van der Waals surface area contributed by atoms with E-state index in [1.807, 2.05) is 42.5 Å². The zero-order valence-electron chi connectivity index (χ0n) is 12.5. The fourth-order valence-electron chi connectivity index (χ4n) is 1.85. The Morgan fingerprint density at radius 1 is 1.17 bits per heavy atom. The normalized spacial score (nSPS) is 10.2. The number of amides is 1. The summed E-state index contributed by atoms with van der Waals surface area (Å²) in [5.41, 5.74) is 1.92. The summed E-state index contributed by atoms with van der Waals surface area (Å²) < 4.78 is 5.32. The van der Waals surface area contributed by atoms with Crippen molar-refractivity contribution in [3.8, 4) is 23.8 Å². The molecule has 0 bridgehead atoms. The second-order valence-electron chi connectivity index (χ2n) is 4.74. The molecule has 0 saturated carbocycles. The van der Waals surface area contributed by atoms with Gasteiger partial charge in [-0.25, -0.2) is 0 Å². The van der Waals surface area contributed by atoms with Crippen LogP contribution >= 0.6 is 0 Å². The largest absolute Gasteiger partial charge is 0.504 e. The van der Waals surface area contributed by atoms with Crippen molar-refractivity contribution in [3.05, 3.63) is 59.7 Å². The second kappa shape index (κ2) is 8.30. The first-order chi connectivity index (χ1) is 11.2. The van der Waals surface area contributed by atoms with Crippen molar-refractivity contribution in [2.24, 2.45) is 0 Å². The predicted octanol–water partition coefficient (Wildman–Crippen LogP) is 2.69. The van der Waals surface area contributed by atoms with Gasteiger partial charge in [0.25, 0.3) is 5.91 Å². The fraction of sp³-hybridized carbons (Fsp3) is 0.105. The molecule has 0 aliphatic heterocycles. The van der Waals surface area contributed by atoms with Gasteiger partial charge in [0.1, 0.15) is 0 Å². The highest BCUT2D eigenvalue weighted by Gasteiger charge is 2.06. The molecule has 2 aromatic carbocycles. The third kappa shape index (κ3) is 5.25. The van der Waals surface area contributed by atoms with Crippen molar-refractivity contribution in [3.63, 3.8) is 0 Å². The van der Waals surface area contributed by atoms with Gasteiger partial charge in [0.05, 0.1) is 6.54 Å². The molecule has 0 spiro atoms. The van der Waals surface area contributed by atoms with E-state index in [1.165, 1.54) is 6.07 Å². The molecule has 0 unspecified atom stereocenters. The van der Waals surface area contributed by atoms with Crippen molar-refractivity contribution in [2.75, 3.05) is 13.2 Å². The summed E-state index contributed by atoms with van der Waals surface area (Å²) in [4.78, 5) is 11.5. The van der Waals surface area contributed by atoms with E-state index in [2.05, 4.69) is 11.2 Å². The Bertz CT molecular complexity index is 730. The molecular formula is C19H17NO3.